The van der Waals surface area contributed by atoms with E-state index >= 15 is 0 Å². The normalized spacial score (nSPS) is 11.5. The molecule has 0 unspecified atom stereocenters. The minimum atomic E-state index is 0.603. The van der Waals surface area contributed by atoms with Crippen molar-refractivity contribution in [2.45, 2.75) is 26.8 Å². The van der Waals surface area contributed by atoms with E-state index in [1.807, 2.05) is 36.5 Å². The van der Waals surface area contributed by atoms with Gasteiger partial charge in [0.2, 0.25) is 0 Å². The molecule has 0 bridgehead atoms. The van der Waals surface area contributed by atoms with Crippen LogP contribution in [0.1, 0.15) is 23.6 Å². The Morgan fingerprint density at radius 1 is 1.07 bits per heavy atom. The van der Waals surface area contributed by atoms with Crippen molar-refractivity contribution in [3.63, 3.8) is 0 Å². The first-order valence-corrected chi connectivity index (χ1v) is 9.69. The third-order valence-corrected chi connectivity index (χ3v) is 4.61. The molecule has 0 saturated carbocycles. The van der Waals surface area contributed by atoms with Crippen molar-refractivity contribution in [3.8, 4) is 5.75 Å². The minimum Gasteiger partial charge on any atom is -0.496 e. The first-order valence-electron chi connectivity index (χ1n) is 9.69. The number of rotatable bonds is 7. The van der Waals surface area contributed by atoms with Crippen molar-refractivity contribution in [2.75, 3.05) is 20.2 Å². The minimum absolute atomic E-state index is 0.603. The lowest BCUT2D eigenvalue weighted by Crippen LogP contribution is -2.38. The molecule has 0 saturated heterocycles. The molecule has 3 aromatic rings. The van der Waals surface area contributed by atoms with Crippen LogP contribution in [-0.4, -0.2) is 31.1 Å². The van der Waals surface area contributed by atoms with Crippen LogP contribution in [0, 0.1) is 6.92 Å². The lowest BCUT2D eigenvalue weighted by atomic mass is 10.1. The van der Waals surface area contributed by atoms with Crippen LogP contribution in [0.25, 0.3) is 10.9 Å². The van der Waals surface area contributed by atoms with Crippen molar-refractivity contribution in [3.05, 3.63) is 71.4 Å². The smallest absolute Gasteiger partial charge is 0.191 e. The standard InChI is InChI=1S/C23H28N4O/c1-4-24-23(26-14-11-18-15-17(2)9-10-22(18)28-3)27-16-19-12-13-25-21-8-6-5-7-20(19)21/h5-10,12-13,15H,4,11,14,16H2,1-3H3,(H2,24,26,27). The maximum Gasteiger partial charge on any atom is 0.191 e. The van der Waals surface area contributed by atoms with Crippen molar-refractivity contribution in [2.24, 2.45) is 4.99 Å². The zero-order chi connectivity index (χ0) is 19.8. The number of ether oxygens (including phenoxy) is 1. The third kappa shape index (κ3) is 5.00. The summed E-state index contributed by atoms with van der Waals surface area (Å²) < 4.78 is 5.47. The number of hydrogen-bond donors (Lipinski definition) is 2. The fraction of sp³-hybridized carbons (Fsp3) is 0.304. The second-order valence-electron chi connectivity index (χ2n) is 6.67. The van der Waals surface area contributed by atoms with E-state index in [0.29, 0.717) is 6.54 Å². The summed E-state index contributed by atoms with van der Waals surface area (Å²) in [4.78, 5) is 9.18. The third-order valence-electron chi connectivity index (χ3n) is 4.61. The van der Waals surface area contributed by atoms with Gasteiger partial charge in [-0.2, -0.15) is 0 Å². The Hall–Kier alpha value is -3.08. The number of nitrogens with one attached hydrogen (secondary N) is 2. The lowest BCUT2D eigenvalue weighted by Gasteiger charge is -2.13. The van der Waals surface area contributed by atoms with Gasteiger partial charge in [0, 0.05) is 24.7 Å². The van der Waals surface area contributed by atoms with Crippen molar-refractivity contribution in [1.29, 1.82) is 0 Å². The van der Waals surface area contributed by atoms with Gasteiger partial charge in [0.15, 0.2) is 5.96 Å². The van der Waals surface area contributed by atoms with E-state index in [4.69, 9.17) is 9.73 Å². The van der Waals surface area contributed by atoms with Gasteiger partial charge in [0.25, 0.3) is 0 Å². The fourth-order valence-electron chi connectivity index (χ4n) is 3.22. The van der Waals surface area contributed by atoms with Crippen molar-refractivity contribution in [1.82, 2.24) is 15.6 Å². The van der Waals surface area contributed by atoms with Crippen molar-refractivity contribution < 1.29 is 4.74 Å². The van der Waals surface area contributed by atoms with Crippen LogP contribution in [0.15, 0.2) is 59.7 Å². The van der Waals surface area contributed by atoms with Gasteiger partial charge in [-0.15, -0.1) is 0 Å². The molecule has 0 amide bonds. The summed E-state index contributed by atoms with van der Waals surface area (Å²) in [5, 5.41) is 7.89. The second-order valence-corrected chi connectivity index (χ2v) is 6.67. The van der Waals surface area contributed by atoms with Crippen molar-refractivity contribution >= 4 is 16.9 Å². The molecule has 0 atom stereocenters. The summed E-state index contributed by atoms with van der Waals surface area (Å²) >= 11 is 0. The van der Waals surface area contributed by atoms with Gasteiger partial charge in [-0.1, -0.05) is 35.9 Å². The molecule has 1 heterocycles. The number of guanidine groups is 1. The molecule has 5 heteroatoms. The Balaban J connectivity index is 1.67. The van der Waals surface area contributed by atoms with Gasteiger partial charge >= 0.3 is 0 Å². The second kappa shape index (κ2) is 9.74. The molecular formula is C23H28N4O. The van der Waals surface area contributed by atoms with Crippen LogP contribution < -0.4 is 15.4 Å². The average Bonchev–Trinajstić information content (AvgIpc) is 2.72. The first kappa shape index (κ1) is 19.7. The highest BCUT2D eigenvalue weighted by atomic mass is 16.5. The Morgan fingerprint density at radius 2 is 1.93 bits per heavy atom. The largest absolute Gasteiger partial charge is 0.496 e. The zero-order valence-corrected chi connectivity index (χ0v) is 16.8. The van der Waals surface area contributed by atoms with E-state index in [2.05, 4.69) is 47.7 Å². The predicted molar refractivity (Wildman–Crippen MR) is 116 cm³/mol. The Labute approximate surface area is 166 Å². The molecule has 146 valence electrons. The molecule has 0 radical (unpaired) electrons. The number of para-hydroxylation sites is 1. The fourth-order valence-corrected chi connectivity index (χ4v) is 3.22. The molecule has 28 heavy (non-hydrogen) atoms. The quantitative estimate of drug-likeness (QED) is 0.486. The van der Waals surface area contributed by atoms with E-state index in [1.54, 1.807) is 7.11 Å². The van der Waals surface area contributed by atoms with Crippen LogP contribution in [0.2, 0.25) is 0 Å². The van der Waals surface area contributed by atoms with Gasteiger partial charge in [-0.25, -0.2) is 4.99 Å². The van der Waals surface area contributed by atoms with E-state index in [-0.39, 0.29) is 0 Å². The summed E-state index contributed by atoms with van der Waals surface area (Å²) in [5.41, 5.74) is 4.61. The molecule has 0 spiro atoms. The van der Waals surface area contributed by atoms with Crippen LogP contribution in [0.4, 0.5) is 0 Å². The average molecular weight is 377 g/mol. The summed E-state index contributed by atoms with van der Waals surface area (Å²) in [6.07, 6.45) is 2.71. The molecule has 3 rings (SSSR count). The highest BCUT2D eigenvalue weighted by Gasteiger charge is 2.05. The Kier molecular flexibility index (Phi) is 6.84. The molecule has 1 aromatic heterocycles. The summed E-state index contributed by atoms with van der Waals surface area (Å²) in [6, 6.07) is 16.5. The number of aromatic nitrogens is 1. The monoisotopic (exact) mass is 376 g/mol. The highest BCUT2D eigenvalue weighted by molar-refractivity contribution is 5.83. The van der Waals surface area contributed by atoms with E-state index < -0.39 is 0 Å². The highest BCUT2D eigenvalue weighted by Crippen LogP contribution is 2.20. The zero-order valence-electron chi connectivity index (χ0n) is 16.8. The SMILES string of the molecule is CCNC(=NCc1ccnc2ccccc12)NCCc1cc(C)ccc1OC. The number of aliphatic imine (C=N–C) groups is 1. The number of pyridine rings is 1. The topological polar surface area (TPSA) is 58.5 Å². The number of fused-ring (bicyclic) bond motifs is 1. The maximum absolute atomic E-state index is 5.47. The van der Waals surface area contributed by atoms with Gasteiger partial charge in [-0.3, -0.25) is 4.98 Å². The molecular weight excluding hydrogens is 348 g/mol. The van der Waals surface area contributed by atoms with Crippen LogP contribution in [-0.2, 0) is 13.0 Å². The number of aryl methyl sites for hydroxylation is 1. The molecule has 5 nitrogen and oxygen atoms in total. The Morgan fingerprint density at radius 3 is 2.75 bits per heavy atom. The number of nitrogens with zero attached hydrogens (tertiary/aromatic N) is 2. The van der Waals surface area contributed by atoms with Gasteiger partial charge in [-0.05, 0) is 49.6 Å². The van der Waals surface area contributed by atoms with Gasteiger partial charge in [0.05, 0.1) is 19.2 Å². The van der Waals surface area contributed by atoms with E-state index in [0.717, 1.165) is 42.1 Å². The van der Waals surface area contributed by atoms with E-state index in [1.165, 1.54) is 16.7 Å². The molecule has 2 N–H and O–H groups in total. The molecule has 2 aromatic carbocycles. The predicted octanol–water partition coefficient (Wildman–Crippen LogP) is 3.85. The number of benzene rings is 2. The lowest BCUT2D eigenvalue weighted by molar-refractivity contribution is 0.409. The van der Waals surface area contributed by atoms with Gasteiger partial charge in [0.1, 0.15) is 5.75 Å². The van der Waals surface area contributed by atoms with Gasteiger partial charge < -0.3 is 15.4 Å². The maximum atomic E-state index is 5.47. The molecule has 0 aliphatic heterocycles. The molecule has 0 aliphatic carbocycles. The molecule has 0 aliphatic rings. The van der Waals surface area contributed by atoms with Crippen LogP contribution in [0.5, 0.6) is 5.75 Å². The number of methoxy groups -OCH3 is 1. The van der Waals surface area contributed by atoms with Crippen LogP contribution in [0.3, 0.4) is 0 Å². The molecule has 0 fully saturated rings. The van der Waals surface area contributed by atoms with E-state index in [9.17, 15) is 0 Å². The number of hydrogen-bond acceptors (Lipinski definition) is 3. The van der Waals surface area contributed by atoms with Crippen LogP contribution >= 0.6 is 0 Å². The summed E-state index contributed by atoms with van der Waals surface area (Å²) in [5.74, 6) is 1.74. The first-order chi connectivity index (χ1) is 13.7. The summed E-state index contributed by atoms with van der Waals surface area (Å²) in [6.45, 7) is 6.37. The summed E-state index contributed by atoms with van der Waals surface area (Å²) in [7, 11) is 1.71. The Bertz CT molecular complexity index is 947.